The summed E-state index contributed by atoms with van der Waals surface area (Å²) in [6.45, 7) is -1.46. The van der Waals surface area contributed by atoms with Gasteiger partial charge in [0.1, 0.15) is 12.4 Å². The Hall–Kier alpha value is -2.59. The van der Waals surface area contributed by atoms with Crippen LogP contribution >= 0.6 is 23.4 Å². The van der Waals surface area contributed by atoms with Crippen molar-refractivity contribution in [2.24, 2.45) is 0 Å². The van der Waals surface area contributed by atoms with Gasteiger partial charge in [0, 0.05) is 0 Å². The third kappa shape index (κ3) is 5.07. The maximum absolute atomic E-state index is 13.5. The summed E-state index contributed by atoms with van der Waals surface area (Å²) in [7, 11) is 0. The smallest absolute Gasteiger partial charge is 0.346 e. The number of carbonyl (C=O) groups is 1. The molecule has 0 spiro atoms. The van der Waals surface area contributed by atoms with Crippen LogP contribution in [0.25, 0.3) is 16.6 Å². The molecule has 0 aliphatic heterocycles. The molecule has 0 saturated carbocycles. The number of halogens is 5. The molecule has 29 heavy (non-hydrogen) atoms. The first-order valence-corrected chi connectivity index (χ1v) is 9.45. The highest BCUT2D eigenvalue weighted by Crippen LogP contribution is 2.24. The zero-order valence-corrected chi connectivity index (χ0v) is 16.0. The van der Waals surface area contributed by atoms with Gasteiger partial charge >= 0.3 is 6.18 Å². The van der Waals surface area contributed by atoms with E-state index in [1.165, 1.54) is 12.1 Å². The monoisotopic (exact) mass is 445 g/mol. The maximum atomic E-state index is 13.5. The van der Waals surface area contributed by atoms with E-state index in [1.807, 2.05) is 0 Å². The summed E-state index contributed by atoms with van der Waals surface area (Å²) in [4.78, 5) is 29.0. The van der Waals surface area contributed by atoms with Gasteiger partial charge in [-0.2, -0.15) is 13.2 Å². The first-order chi connectivity index (χ1) is 13.7. The first kappa shape index (κ1) is 21.1. The van der Waals surface area contributed by atoms with Crippen molar-refractivity contribution in [3.05, 3.63) is 63.7 Å². The van der Waals surface area contributed by atoms with Crippen molar-refractivity contribution in [2.75, 3.05) is 12.3 Å². The number of carbonyl (C=O) groups excluding carboxylic acids is 1. The second-order valence-electron chi connectivity index (χ2n) is 5.83. The largest absolute Gasteiger partial charge is 0.405 e. The Morgan fingerprint density at radius 3 is 2.62 bits per heavy atom. The third-order valence-electron chi connectivity index (χ3n) is 3.72. The lowest BCUT2D eigenvalue weighted by Gasteiger charge is -2.14. The molecule has 152 valence electrons. The Morgan fingerprint density at radius 1 is 1.21 bits per heavy atom. The zero-order chi connectivity index (χ0) is 21.2. The van der Waals surface area contributed by atoms with Crippen LogP contribution in [0.3, 0.4) is 0 Å². The third-order valence-corrected chi connectivity index (χ3v) is 4.95. The first-order valence-electron chi connectivity index (χ1n) is 8.09. The van der Waals surface area contributed by atoms with Crippen molar-refractivity contribution in [3.8, 4) is 5.69 Å². The molecule has 0 aliphatic carbocycles. The van der Waals surface area contributed by atoms with E-state index in [-0.39, 0.29) is 21.3 Å². The fourth-order valence-corrected chi connectivity index (χ4v) is 3.46. The Morgan fingerprint density at radius 2 is 1.93 bits per heavy atom. The fourth-order valence-electron chi connectivity index (χ4n) is 2.44. The number of alkyl halides is 3. The Balaban J connectivity index is 2.00. The normalized spacial score (nSPS) is 11.6. The van der Waals surface area contributed by atoms with Gasteiger partial charge in [-0.15, -0.1) is 0 Å². The molecule has 0 aliphatic rings. The molecule has 3 aromatic rings. The predicted molar refractivity (Wildman–Crippen MR) is 102 cm³/mol. The number of nitrogens with one attached hydrogen (secondary N) is 1. The molecule has 5 nitrogen and oxygen atoms in total. The number of benzene rings is 2. The van der Waals surface area contributed by atoms with Crippen molar-refractivity contribution < 1.29 is 22.4 Å². The molecule has 3 rings (SSSR count). The molecule has 0 fully saturated rings. The van der Waals surface area contributed by atoms with Crippen molar-refractivity contribution >= 4 is 40.2 Å². The summed E-state index contributed by atoms with van der Waals surface area (Å²) in [5.74, 6) is -1.97. The Kier molecular flexibility index (Phi) is 6.13. The molecular formula is C18H12ClF4N3O2S. The second-order valence-corrected chi connectivity index (χ2v) is 7.18. The average molecular weight is 446 g/mol. The lowest BCUT2D eigenvalue weighted by atomic mass is 10.2. The maximum Gasteiger partial charge on any atom is 0.405 e. The summed E-state index contributed by atoms with van der Waals surface area (Å²) in [5.41, 5.74) is 0.0643. The number of nitrogens with zero attached hydrogens (tertiary/aromatic N) is 2. The standard InChI is InChI=1S/C18H12ClF4N3O2S/c19-12-7-10(5-6-13(12)20)26-16(28)11-3-1-2-4-14(11)25-17(26)29-8-15(27)24-9-18(21,22)23/h1-7H,8-9H2,(H,24,27). The van der Waals surface area contributed by atoms with Crippen LogP contribution in [0.4, 0.5) is 17.6 Å². The summed E-state index contributed by atoms with van der Waals surface area (Å²) in [6.07, 6.45) is -4.53. The van der Waals surface area contributed by atoms with Gasteiger partial charge in [-0.1, -0.05) is 35.5 Å². The molecule has 11 heteroatoms. The summed E-state index contributed by atoms with van der Waals surface area (Å²) >= 11 is 6.59. The molecule has 1 N–H and O–H groups in total. The molecule has 2 aromatic carbocycles. The van der Waals surface area contributed by atoms with E-state index in [0.29, 0.717) is 5.52 Å². The number of rotatable bonds is 5. The molecule has 1 aromatic heterocycles. The number of aromatic nitrogens is 2. The number of para-hydroxylation sites is 1. The van der Waals surface area contributed by atoms with Crippen molar-refractivity contribution in [2.45, 2.75) is 11.3 Å². The highest BCUT2D eigenvalue weighted by atomic mass is 35.5. The number of amides is 1. The molecule has 0 bridgehead atoms. The number of fused-ring (bicyclic) bond motifs is 1. The van der Waals surface area contributed by atoms with Crippen LogP contribution in [0.2, 0.25) is 5.02 Å². The van der Waals surface area contributed by atoms with E-state index >= 15 is 0 Å². The van der Waals surface area contributed by atoms with E-state index in [1.54, 1.807) is 29.6 Å². The van der Waals surface area contributed by atoms with Gasteiger partial charge in [0.05, 0.1) is 27.4 Å². The summed E-state index contributed by atoms with van der Waals surface area (Å²) < 4.78 is 51.4. The minimum atomic E-state index is -4.53. The quantitative estimate of drug-likeness (QED) is 0.367. The van der Waals surface area contributed by atoms with Crippen LogP contribution in [0.1, 0.15) is 0 Å². The zero-order valence-electron chi connectivity index (χ0n) is 14.5. The minimum Gasteiger partial charge on any atom is -0.346 e. The predicted octanol–water partition coefficient (Wildman–Crippen LogP) is 3.95. The molecule has 0 atom stereocenters. The van der Waals surface area contributed by atoms with Crippen LogP contribution < -0.4 is 10.9 Å². The van der Waals surface area contributed by atoms with E-state index < -0.39 is 35.8 Å². The molecule has 1 heterocycles. The van der Waals surface area contributed by atoms with Gasteiger partial charge in [-0.25, -0.2) is 9.37 Å². The van der Waals surface area contributed by atoms with Crippen LogP contribution in [0, 0.1) is 5.82 Å². The van der Waals surface area contributed by atoms with Gasteiger partial charge in [0.25, 0.3) is 5.56 Å². The van der Waals surface area contributed by atoms with E-state index in [4.69, 9.17) is 11.6 Å². The number of hydrogen-bond donors (Lipinski definition) is 1. The SMILES string of the molecule is O=C(CSc1nc2ccccc2c(=O)n1-c1ccc(F)c(Cl)c1)NCC(F)(F)F. The van der Waals surface area contributed by atoms with E-state index in [9.17, 15) is 27.2 Å². The second kappa shape index (κ2) is 8.42. The molecule has 0 saturated heterocycles. The summed E-state index contributed by atoms with van der Waals surface area (Å²) in [5, 5.41) is 1.86. The lowest BCUT2D eigenvalue weighted by Crippen LogP contribution is -2.35. The average Bonchev–Trinajstić information content (AvgIpc) is 2.66. The molecule has 0 radical (unpaired) electrons. The highest BCUT2D eigenvalue weighted by Gasteiger charge is 2.27. The molecule has 0 unspecified atom stereocenters. The van der Waals surface area contributed by atoms with Crippen molar-refractivity contribution in [1.82, 2.24) is 14.9 Å². The van der Waals surface area contributed by atoms with Crippen LogP contribution in [-0.2, 0) is 4.79 Å². The Labute approximate surface area is 170 Å². The fraction of sp³-hybridized carbons (Fsp3) is 0.167. The highest BCUT2D eigenvalue weighted by molar-refractivity contribution is 7.99. The van der Waals surface area contributed by atoms with Gasteiger partial charge in [0.15, 0.2) is 5.16 Å². The number of thioether (sulfide) groups is 1. The lowest BCUT2D eigenvalue weighted by molar-refractivity contribution is -0.136. The van der Waals surface area contributed by atoms with E-state index in [2.05, 4.69) is 4.98 Å². The van der Waals surface area contributed by atoms with Gasteiger partial charge in [-0.3, -0.25) is 14.2 Å². The topological polar surface area (TPSA) is 64.0 Å². The summed E-state index contributed by atoms with van der Waals surface area (Å²) in [6, 6.07) is 10.1. The van der Waals surface area contributed by atoms with E-state index in [0.717, 1.165) is 22.4 Å². The van der Waals surface area contributed by atoms with Gasteiger partial charge in [-0.05, 0) is 30.3 Å². The number of hydrogen-bond acceptors (Lipinski definition) is 4. The molecule has 1 amide bonds. The van der Waals surface area contributed by atoms with Crippen molar-refractivity contribution in [1.29, 1.82) is 0 Å². The van der Waals surface area contributed by atoms with Gasteiger partial charge in [0.2, 0.25) is 5.91 Å². The van der Waals surface area contributed by atoms with Crippen LogP contribution in [0.5, 0.6) is 0 Å². The van der Waals surface area contributed by atoms with Crippen LogP contribution in [-0.4, -0.2) is 33.9 Å². The molecular weight excluding hydrogens is 434 g/mol. The Bertz CT molecular complexity index is 1130. The van der Waals surface area contributed by atoms with Gasteiger partial charge < -0.3 is 5.32 Å². The minimum absolute atomic E-state index is 0.0542. The van der Waals surface area contributed by atoms with Crippen LogP contribution in [0.15, 0.2) is 52.4 Å². The van der Waals surface area contributed by atoms with Crippen molar-refractivity contribution in [3.63, 3.8) is 0 Å².